The Balaban J connectivity index is 1.12. The molecule has 5 aliphatic rings. The van der Waals surface area contributed by atoms with Crippen molar-refractivity contribution in [1.29, 1.82) is 0 Å². The van der Waals surface area contributed by atoms with Crippen LogP contribution in [0.3, 0.4) is 0 Å². The zero-order chi connectivity index (χ0) is 29.6. The molecule has 3 fully saturated rings. The van der Waals surface area contributed by atoms with Crippen LogP contribution >= 0.6 is 11.9 Å². The molecule has 1 atom stereocenters. The summed E-state index contributed by atoms with van der Waals surface area (Å²) in [4.78, 5) is 28.2. The van der Waals surface area contributed by atoms with Crippen LogP contribution in [-0.2, 0) is 0 Å². The summed E-state index contributed by atoms with van der Waals surface area (Å²) in [6.07, 6.45) is 15.9. The van der Waals surface area contributed by atoms with Gasteiger partial charge in [0.05, 0.1) is 12.2 Å². The number of carbonyl (C=O) groups is 1. The third-order valence-electron chi connectivity index (χ3n) is 10.00. The summed E-state index contributed by atoms with van der Waals surface area (Å²) in [7, 11) is 2.14. The molecule has 3 aliphatic heterocycles. The monoisotopic (exact) mass is 603 g/mol. The van der Waals surface area contributed by atoms with Crippen molar-refractivity contribution < 1.29 is 9.53 Å². The number of anilines is 1. The van der Waals surface area contributed by atoms with Crippen LogP contribution in [0.25, 0.3) is 5.82 Å². The van der Waals surface area contributed by atoms with Crippen molar-refractivity contribution >= 4 is 29.5 Å². The minimum atomic E-state index is -0.157. The van der Waals surface area contributed by atoms with Gasteiger partial charge in [0.1, 0.15) is 16.7 Å². The van der Waals surface area contributed by atoms with Crippen LogP contribution in [-0.4, -0.2) is 63.7 Å². The number of amides is 1. The van der Waals surface area contributed by atoms with E-state index in [0.29, 0.717) is 35.6 Å². The van der Waals surface area contributed by atoms with E-state index in [1.165, 1.54) is 37.6 Å². The first-order valence-corrected chi connectivity index (χ1v) is 17.1. The minimum absolute atomic E-state index is 0.122. The highest BCUT2D eigenvalue weighted by molar-refractivity contribution is 8.01. The van der Waals surface area contributed by atoms with Crippen molar-refractivity contribution in [2.75, 3.05) is 31.6 Å². The summed E-state index contributed by atoms with van der Waals surface area (Å²) in [5.74, 6) is 6.20. The summed E-state index contributed by atoms with van der Waals surface area (Å²) < 4.78 is 10.9. The van der Waals surface area contributed by atoms with Crippen LogP contribution in [0, 0.1) is 23.7 Å². The second kappa shape index (κ2) is 11.8. The maximum absolute atomic E-state index is 13.7. The fraction of sp³-hybridized carbons (Fsp3) is 0.636. The molecule has 1 unspecified atom stereocenters. The number of fused-ring (bicyclic) bond motifs is 5. The van der Waals surface area contributed by atoms with Crippen molar-refractivity contribution in [3.8, 4) is 11.7 Å². The van der Waals surface area contributed by atoms with E-state index >= 15 is 0 Å². The van der Waals surface area contributed by atoms with Gasteiger partial charge in [-0.25, -0.2) is 14.7 Å². The Morgan fingerprint density at radius 1 is 1.14 bits per heavy atom. The minimum Gasteiger partial charge on any atom is -0.477 e. The van der Waals surface area contributed by atoms with E-state index in [1.807, 2.05) is 24.4 Å². The van der Waals surface area contributed by atoms with Gasteiger partial charge in [0.2, 0.25) is 5.88 Å². The largest absolute Gasteiger partial charge is 0.477 e. The van der Waals surface area contributed by atoms with E-state index in [2.05, 4.69) is 41.5 Å². The van der Waals surface area contributed by atoms with E-state index in [1.54, 1.807) is 4.68 Å². The topological polar surface area (TPSA) is 87.9 Å². The SMILES string of the molecule is CN1CCCC2CN(c3nc(-n4ccc(OCCC(C5CC5)C5CC5)n4)ccc3C(=O)NSC3=CCCC1=N3)C(C)(C)C2. The van der Waals surface area contributed by atoms with Crippen LogP contribution in [0.5, 0.6) is 5.88 Å². The number of pyridine rings is 1. The van der Waals surface area contributed by atoms with Gasteiger partial charge in [0.15, 0.2) is 5.82 Å². The molecule has 7 rings (SSSR count). The second-order valence-electron chi connectivity index (χ2n) is 13.8. The van der Waals surface area contributed by atoms with E-state index in [-0.39, 0.29) is 11.4 Å². The fourth-order valence-electron chi connectivity index (χ4n) is 7.41. The van der Waals surface area contributed by atoms with Gasteiger partial charge < -0.3 is 14.5 Å². The van der Waals surface area contributed by atoms with Gasteiger partial charge in [0.25, 0.3) is 5.91 Å². The first-order valence-electron chi connectivity index (χ1n) is 16.3. The van der Waals surface area contributed by atoms with Gasteiger partial charge in [-0.2, -0.15) is 0 Å². The van der Waals surface area contributed by atoms with Gasteiger partial charge in [-0.15, -0.1) is 5.10 Å². The Kier molecular flexibility index (Phi) is 7.90. The number of nitrogens with one attached hydrogen (secondary N) is 1. The van der Waals surface area contributed by atoms with E-state index < -0.39 is 0 Å². The van der Waals surface area contributed by atoms with Crippen molar-refractivity contribution in [3.63, 3.8) is 0 Å². The molecular weight excluding hydrogens is 558 g/mol. The van der Waals surface area contributed by atoms with Gasteiger partial charge in [-0.3, -0.25) is 9.52 Å². The smallest absolute Gasteiger partial charge is 0.265 e. The molecule has 0 radical (unpaired) electrons. The number of hydrogen-bond acceptors (Lipinski definition) is 8. The predicted octanol–water partition coefficient (Wildman–Crippen LogP) is 6.21. The lowest BCUT2D eigenvalue weighted by Crippen LogP contribution is -2.40. The molecule has 230 valence electrons. The Hall–Kier alpha value is -3.01. The molecule has 0 aromatic carbocycles. The normalized spacial score (nSPS) is 24.1. The van der Waals surface area contributed by atoms with Crippen molar-refractivity contribution in [1.82, 2.24) is 24.4 Å². The molecule has 43 heavy (non-hydrogen) atoms. The first kappa shape index (κ1) is 28.7. The Morgan fingerprint density at radius 3 is 2.74 bits per heavy atom. The van der Waals surface area contributed by atoms with Crippen molar-refractivity contribution in [3.05, 3.63) is 41.1 Å². The van der Waals surface area contributed by atoms with E-state index in [0.717, 1.165) is 80.2 Å². The molecule has 2 aliphatic carbocycles. The quantitative estimate of drug-likeness (QED) is 0.376. The average molecular weight is 604 g/mol. The van der Waals surface area contributed by atoms with Crippen LogP contribution in [0.15, 0.2) is 40.5 Å². The molecule has 10 heteroatoms. The molecule has 0 spiro atoms. The molecule has 4 bridgehead atoms. The highest BCUT2D eigenvalue weighted by Gasteiger charge is 2.42. The highest BCUT2D eigenvalue weighted by atomic mass is 32.2. The highest BCUT2D eigenvalue weighted by Crippen LogP contribution is 2.50. The lowest BCUT2D eigenvalue weighted by atomic mass is 9.93. The van der Waals surface area contributed by atoms with E-state index in [4.69, 9.17) is 19.8 Å². The molecule has 9 nitrogen and oxygen atoms in total. The van der Waals surface area contributed by atoms with Gasteiger partial charge in [0, 0.05) is 56.3 Å². The summed E-state index contributed by atoms with van der Waals surface area (Å²) in [6, 6.07) is 5.70. The Bertz CT molecular complexity index is 1400. The summed E-state index contributed by atoms with van der Waals surface area (Å²) >= 11 is 1.29. The first-order chi connectivity index (χ1) is 20.8. The predicted molar refractivity (Wildman–Crippen MR) is 172 cm³/mol. The maximum atomic E-state index is 13.7. The number of rotatable bonds is 7. The Labute approximate surface area is 259 Å². The zero-order valence-corrected chi connectivity index (χ0v) is 26.6. The number of allylic oxidation sites excluding steroid dienone is 1. The number of aromatic nitrogens is 3. The molecule has 1 N–H and O–H groups in total. The summed E-state index contributed by atoms with van der Waals surface area (Å²) in [5.41, 5.74) is 0.454. The zero-order valence-electron chi connectivity index (χ0n) is 25.8. The maximum Gasteiger partial charge on any atom is 0.265 e. The van der Waals surface area contributed by atoms with Crippen LogP contribution in [0.4, 0.5) is 5.82 Å². The number of hydrogen-bond donors (Lipinski definition) is 1. The molecule has 1 saturated heterocycles. The number of amidine groups is 1. The molecule has 5 heterocycles. The number of ether oxygens (including phenoxy) is 1. The van der Waals surface area contributed by atoms with Gasteiger partial charge in [-0.05, 0) is 114 Å². The standard InChI is InChI=1S/C33H45N7O2S/c1-33(2)20-22-6-5-17-38(3)27-7-4-8-30(34-27)43-37-32(41)26-13-14-28(35-31(26)39(33)21-22)40-18-15-29(36-40)42-19-16-25(23-9-10-23)24-11-12-24/h8,13-15,18,22-25H,4-7,9-12,16-17,19-21H2,1-3H3,(H,37,41). The molecule has 2 aromatic rings. The van der Waals surface area contributed by atoms with Gasteiger partial charge in [-0.1, -0.05) is 0 Å². The fourth-order valence-corrected chi connectivity index (χ4v) is 8.07. The van der Waals surface area contributed by atoms with Gasteiger partial charge >= 0.3 is 0 Å². The van der Waals surface area contributed by atoms with Crippen molar-refractivity contribution in [2.45, 2.75) is 83.6 Å². The average Bonchev–Trinajstić information content (AvgIpc) is 3.94. The number of nitrogens with zero attached hydrogens (tertiary/aromatic N) is 6. The van der Waals surface area contributed by atoms with E-state index in [9.17, 15) is 4.79 Å². The lowest BCUT2D eigenvalue weighted by molar-refractivity contribution is 0.0984. The summed E-state index contributed by atoms with van der Waals surface area (Å²) in [5, 5.41) is 5.57. The van der Waals surface area contributed by atoms with Crippen LogP contribution < -0.4 is 14.4 Å². The molecule has 1 amide bonds. The third-order valence-corrected chi connectivity index (χ3v) is 10.8. The summed E-state index contributed by atoms with van der Waals surface area (Å²) in [6.45, 7) is 7.12. The van der Waals surface area contributed by atoms with Crippen LogP contribution in [0.2, 0.25) is 0 Å². The number of aliphatic imine (C=N–C) groups is 1. The molecular formula is C33H45N7O2S. The molecule has 2 aromatic heterocycles. The van der Waals surface area contributed by atoms with Crippen molar-refractivity contribution in [2.24, 2.45) is 28.7 Å². The third kappa shape index (κ3) is 6.44. The van der Waals surface area contributed by atoms with Crippen LogP contribution in [0.1, 0.15) is 88.4 Å². The lowest BCUT2D eigenvalue weighted by Gasteiger charge is -2.34. The second-order valence-corrected chi connectivity index (χ2v) is 14.6. The Morgan fingerprint density at radius 2 is 1.95 bits per heavy atom. The number of carbonyl (C=O) groups excluding carboxylic acids is 1. The molecule has 2 saturated carbocycles.